The number of benzene rings is 3. The molecule has 0 aliphatic rings. The van der Waals surface area contributed by atoms with Gasteiger partial charge in [-0.15, -0.1) is 0 Å². The average Bonchev–Trinajstić information content (AvgIpc) is 2.57. The minimum atomic E-state index is -3.22. The van der Waals surface area contributed by atoms with Crippen LogP contribution in [-0.4, -0.2) is 14.7 Å². The molecule has 0 heterocycles. The number of hydrogen-bond donors (Lipinski definition) is 0. The van der Waals surface area contributed by atoms with Gasteiger partial charge in [-0.05, 0) is 77.9 Å². The second-order valence-electron chi connectivity index (χ2n) is 6.63. The Bertz CT molecular complexity index is 1050. The summed E-state index contributed by atoms with van der Waals surface area (Å²) in [6.45, 7) is 6.27. The van der Waals surface area contributed by atoms with Crippen LogP contribution < -0.4 is 0 Å². The minimum Gasteiger partial charge on any atom is -0.224 e. The SMILES string of the molecule is Cc1ccc(-c2ccc(C)c(-c3cccc(S(C)(=O)=O)c3)c2)cc1C. The van der Waals surface area contributed by atoms with Crippen molar-refractivity contribution in [1.29, 1.82) is 0 Å². The van der Waals surface area contributed by atoms with Crippen molar-refractivity contribution >= 4 is 9.84 Å². The summed E-state index contributed by atoms with van der Waals surface area (Å²) in [5.41, 5.74) is 7.94. The van der Waals surface area contributed by atoms with E-state index in [2.05, 4.69) is 50.2 Å². The van der Waals surface area contributed by atoms with E-state index in [0.717, 1.165) is 22.3 Å². The molecule has 0 radical (unpaired) electrons. The zero-order chi connectivity index (χ0) is 18.2. The third kappa shape index (κ3) is 3.67. The molecule has 0 aliphatic heterocycles. The van der Waals surface area contributed by atoms with E-state index in [-0.39, 0.29) is 0 Å². The van der Waals surface area contributed by atoms with Crippen LogP contribution in [0.1, 0.15) is 16.7 Å². The van der Waals surface area contributed by atoms with E-state index >= 15 is 0 Å². The first-order valence-electron chi connectivity index (χ1n) is 8.24. The summed E-state index contributed by atoms with van der Waals surface area (Å²) in [6.07, 6.45) is 1.24. The van der Waals surface area contributed by atoms with Crippen LogP contribution >= 0.6 is 0 Å². The molecule has 3 heteroatoms. The first-order chi connectivity index (χ1) is 11.8. The second kappa shape index (κ2) is 6.49. The molecule has 3 aromatic rings. The van der Waals surface area contributed by atoms with Gasteiger partial charge in [0.25, 0.3) is 0 Å². The summed E-state index contributed by atoms with van der Waals surface area (Å²) >= 11 is 0. The molecule has 0 spiro atoms. The van der Waals surface area contributed by atoms with Crippen molar-refractivity contribution in [2.75, 3.05) is 6.26 Å². The predicted molar refractivity (Wildman–Crippen MR) is 105 cm³/mol. The molecular formula is C22H22O2S. The average molecular weight is 350 g/mol. The van der Waals surface area contributed by atoms with Gasteiger partial charge in [-0.3, -0.25) is 0 Å². The molecule has 3 aromatic carbocycles. The lowest BCUT2D eigenvalue weighted by Crippen LogP contribution is -1.97. The molecule has 0 fully saturated rings. The molecule has 0 aliphatic carbocycles. The van der Waals surface area contributed by atoms with E-state index in [9.17, 15) is 8.42 Å². The highest BCUT2D eigenvalue weighted by Crippen LogP contribution is 2.31. The van der Waals surface area contributed by atoms with Crippen molar-refractivity contribution in [1.82, 2.24) is 0 Å². The van der Waals surface area contributed by atoms with Gasteiger partial charge in [0.2, 0.25) is 0 Å². The van der Waals surface area contributed by atoms with Crippen molar-refractivity contribution in [3.05, 3.63) is 77.4 Å². The van der Waals surface area contributed by atoms with Crippen molar-refractivity contribution in [2.45, 2.75) is 25.7 Å². The summed E-state index contributed by atoms with van der Waals surface area (Å²) in [5.74, 6) is 0. The van der Waals surface area contributed by atoms with Gasteiger partial charge in [0.15, 0.2) is 9.84 Å². The third-order valence-corrected chi connectivity index (χ3v) is 5.76. The van der Waals surface area contributed by atoms with Gasteiger partial charge >= 0.3 is 0 Å². The molecule has 25 heavy (non-hydrogen) atoms. The highest BCUT2D eigenvalue weighted by molar-refractivity contribution is 7.90. The highest BCUT2D eigenvalue weighted by atomic mass is 32.2. The van der Waals surface area contributed by atoms with Crippen LogP contribution in [0.15, 0.2) is 65.6 Å². The van der Waals surface area contributed by atoms with Gasteiger partial charge in [0.1, 0.15) is 0 Å². The number of aryl methyl sites for hydroxylation is 3. The Balaban J connectivity index is 2.13. The van der Waals surface area contributed by atoms with E-state index in [1.807, 2.05) is 13.0 Å². The topological polar surface area (TPSA) is 34.1 Å². The number of hydrogen-bond acceptors (Lipinski definition) is 2. The Morgan fingerprint density at radius 2 is 1.28 bits per heavy atom. The van der Waals surface area contributed by atoms with E-state index in [1.54, 1.807) is 18.2 Å². The Labute approximate surface area is 150 Å². The highest BCUT2D eigenvalue weighted by Gasteiger charge is 2.11. The van der Waals surface area contributed by atoms with Crippen molar-refractivity contribution < 1.29 is 8.42 Å². The fraction of sp³-hybridized carbons (Fsp3) is 0.182. The second-order valence-corrected chi connectivity index (χ2v) is 8.64. The van der Waals surface area contributed by atoms with Crippen LogP contribution in [0, 0.1) is 20.8 Å². The van der Waals surface area contributed by atoms with Crippen molar-refractivity contribution in [2.24, 2.45) is 0 Å². The summed E-state index contributed by atoms with van der Waals surface area (Å²) in [7, 11) is -3.22. The molecule has 0 N–H and O–H groups in total. The third-order valence-electron chi connectivity index (χ3n) is 4.65. The fourth-order valence-electron chi connectivity index (χ4n) is 2.93. The molecule has 0 aromatic heterocycles. The molecule has 0 unspecified atom stereocenters. The Kier molecular flexibility index (Phi) is 4.53. The largest absolute Gasteiger partial charge is 0.224 e. The molecule has 128 valence electrons. The van der Waals surface area contributed by atoms with Crippen LogP contribution in [0.5, 0.6) is 0 Å². The van der Waals surface area contributed by atoms with Gasteiger partial charge in [-0.1, -0.05) is 42.5 Å². The van der Waals surface area contributed by atoms with Crippen LogP contribution in [0.2, 0.25) is 0 Å². The van der Waals surface area contributed by atoms with E-state index < -0.39 is 9.84 Å². The molecule has 0 atom stereocenters. The summed E-state index contributed by atoms with van der Waals surface area (Å²) in [5, 5.41) is 0. The van der Waals surface area contributed by atoms with Crippen LogP contribution in [0.25, 0.3) is 22.3 Å². The molecule has 0 amide bonds. The maximum absolute atomic E-state index is 11.9. The maximum atomic E-state index is 11.9. The molecule has 0 saturated carbocycles. The summed E-state index contributed by atoms with van der Waals surface area (Å²) in [6, 6.07) is 19.9. The maximum Gasteiger partial charge on any atom is 0.175 e. The summed E-state index contributed by atoms with van der Waals surface area (Å²) < 4.78 is 23.7. The number of rotatable bonds is 3. The quantitative estimate of drug-likeness (QED) is 0.638. The molecule has 0 bridgehead atoms. The minimum absolute atomic E-state index is 0.348. The lowest BCUT2D eigenvalue weighted by atomic mass is 9.94. The zero-order valence-electron chi connectivity index (χ0n) is 15.0. The summed E-state index contributed by atoms with van der Waals surface area (Å²) in [4.78, 5) is 0.348. The van der Waals surface area contributed by atoms with E-state index in [4.69, 9.17) is 0 Å². The lowest BCUT2D eigenvalue weighted by molar-refractivity contribution is 0.602. The smallest absolute Gasteiger partial charge is 0.175 e. The van der Waals surface area contributed by atoms with E-state index in [0.29, 0.717) is 4.90 Å². The lowest BCUT2D eigenvalue weighted by Gasteiger charge is -2.12. The van der Waals surface area contributed by atoms with Gasteiger partial charge < -0.3 is 0 Å². The van der Waals surface area contributed by atoms with Crippen LogP contribution in [-0.2, 0) is 9.84 Å². The Morgan fingerprint density at radius 1 is 0.640 bits per heavy atom. The zero-order valence-corrected chi connectivity index (χ0v) is 15.8. The first kappa shape index (κ1) is 17.4. The van der Waals surface area contributed by atoms with Gasteiger partial charge in [0.05, 0.1) is 4.90 Å². The molecule has 2 nitrogen and oxygen atoms in total. The fourth-order valence-corrected chi connectivity index (χ4v) is 3.59. The van der Waals surface area contributed by atoms with Gasteiger partial charge in [0, 0.05) is 6.26 Å². The van der Waals surface area contributed by atoms with Gasteiger partial charge in [-0.2, -0.15) is 0 Å². The van der Waals surface area contributed by atoms with Crippen molar-refractivity contribution in [3.63, 3.8) is 0 Å². The monoisotopic (exact) mass is 350 g/mol. The normalized spacial score (nSPS) is 11.5. The van der Waals surface area contributed by atoms with Crippen LogP contribution in [0.4, 0.5) is 0 Å². The Hall–Kier alpha value is -2.39. The molecule has 0 saturated heterocycles. The molecular weight excluding hydrogens is 328 g/mol. The van der Waals surface area contributed by atoms with Crippen LogP contribution in [0.3, 0.4) is 0 Å². The number of sulfone groups is 1. The van der Waals surface area contributed by atoms with Crippen molar-refractivity contribution in [3.8, 4) is 22.3 Å². The molecule has 3 rings (SSSR count). The standard InChI is InChI=1S/C22H22O2S/c1-15-8-10-18(12-17(15)3)19-11-9-16(2)22(14-19)20-6-5-7-21(13-20)25(4,23)24/h5-14H,1-4H3. The predicted octanol–water partition coefficient (Wildman–Crippen LogP) is 5.35. The van der Waals surface area contributed by atoms with E-state index in [1.165, 1.54) is 22.9 Å². The Morgan fingerprint density at radius 3 is 1.92 bits per heavy atom. The first-order valence-corrected chi connectivity index (χ1v) is 10.1. The van der Waals surface area contributed by atoms with Gasteiger partial charge in [-0.25, -0.2) is 8.42 Å².